The summed E-state index contributed by atoms with van der Waals surface area (Å²) in [6.45, 7) is 0.642. The van der Waals surface area contributed by atoms with Crippen molar-refractivity contribution in [2.24, 2.45) is 5.92 Å². The van der Waals surface area contributed by atoms with Crippen LogP contribution in [0, 0.1) is 5.92 Å². The predicted molar refractivity (Wildman–Crippen MR) is 93.3 cm³/mol. The molecule has 0 unspecified atom stereocenters. The summed E-state index contributed by atoms with van der Waals surface area (Å²) in [7, 11) is 1.44. The summed E-state index contributed by atoms with van der Waals surface area (Å²) in [6.07, 6.45) is 3.87. The van der Waals surface area contributed by atoms with Crippen LogP contribution in [0.25, 0.3) is 0 Å². The van der Waals surface area contributed by atoms with Crippen LogP contribution in [0.3, 0.4) is 0 Å². The summed E-state index contributed by atoms with van der Waals surface area (Å²) >= 11 is 0. The zero-order valence-electron chi connectivity index (χ0n) is 15.5. The van der Waals surface area contributed by atoms with Gasteiger partial charge in [-0.1, -0.05) is 6.42 Å². The second kappa shape index (κ2) is 7.10. The lowest BCUT2D eigenvalue weighted by Crippen LogP contribution is -2.53. The largest absolute Gasteiger partial charge is 0.375 e. The van der Waals surface area contributed by atoms with E-state index in [1.54, 1.807) is 4.90 Å². The highest BCUT2D eigenvalue weighted by molar-refractivity contribution is 5.96. The van der Waals surface area contributed by atoms with E-state index in [-0.39, 0.29) is 48.2 Å². The van der Waals surface area contributed by atoms with Gasteiger partial charge in [0.1, 0.15) is 18.7 Å². The smallest absolute Gasteiger partial charge is 0.249 e. The number of rotatable bonds is 4. The maximum absolute atomic E-state index is 13.2. The van der Waals surface area contributed by atoms with Crippen molar-refractivity contribution in [2.75, 3.05) is 26.8 Å². The maximum atomic E-state index is 13.2. The van der Waals surface area contributed by atoms with Gasteiger partial charge < -0.3 is 25.2 Å². The molecule has 0 spiro atoms. The molecule has 0 aromatic carbocycles. The minimum absolute atomic E-state index is 0.0207. The number of nitrogens with one attached hydrogen (secondary N) is 2. The number of ether oxygens (including phenoxy) is 1. The molecule has 2 N–H and O–H groups in total. The van der Waals surface area contributed by atoms with Crippen molar-refractivity contribution in [1.82, 2.24) is 20.4 Å². The fraction of sp³-hybridized carbons (Fsp3) is 0.778. The molecule has 0 radical (unpaired) electrons. The molecule has 3 heterocycles. The Morgan fingerprint density at radius 2 is 2.04 bits per heavy atom. The molecule has 4 rings (SSSR count). The first kappa shape index (κ1) is 18.2. The number of carbonyl (C=O) groups is 4. The molecule has 148 valence electrons. The highest BCUT2D eigenvalue weighted by Crippen LogP contribution is 2.30. The Bertz CT molecular complexity index is 664. The van der Waals surface area contributed by atoms with Gasteiger partial charge in [-0.25, -0.2) is 0 Å². The van der Waals surface area contributed by atoms with Gasteiger partial charge in [0.15, 0.2) is 0 Å². The Morgan fingerprint density at radius 1 is 1.26 bits per heavy atom. The molecule has 9 nitrogen and oxygen atoms in total. The SMILES string of the molecule is COCC(=O)N1CC[C@@H]2NC(=O)[C@H]3C[C@H](NC(=O)C4CCC4)CN3C(=O)[C@H]21. The fourth-order valence-corrected chi connectivity index (χ4v) is 4.61. The van der Waals surface area contributed by atoms with Crippen LogP contribution in [-0.2, 0) is 23.9 Å². The third kappa shape index (κ3) is 3.18. The van der Waals surface area contributed by atoms with E-state index in [4.69, 9.17) is 4.74 Å². The molecule has 9 heteroatoms. The molecule has 4 amide bonds. The van der Waals surface area contributed by atoms with Crippen molar-refractivity contribution in [3.63, 3.8) is 0 Å². The molecule has 1 aliphatic carbocycles. The van der Waals surface area contributed by atoms with Gasteiger partial charge in [0.25, 0.3) is 0 Å². The molecule has 1 saturated carbocycles. The molecular formula is C18H26N4O5. The highest BCUT2D eigenvalue weighted by atomic mass is 16.5. The number of methoxy groups -OCH3 is 1. The van der Waals surface area contributed by atoms with E-state index in [1.807, 2.05) is 0 Å². The maximum Gasteiger partial charge on any atom is 0.249 e. The lowest BCUT2D eigenvalue weighted by molar-refractivity contribution is -0.146. The fourth-order valence-electron chi connectivity index (χ4n) is 4.61. The van der Waals surface area contributed by atoms with Gasteiger partial charge >= 0.3 is 0 Å². The van der Waals surface area contributed by atoms with E-state index in [0.29, 0.717) is 25.9 Å². The van der Waals surface area contributed by atoms with E-state index in [1.165, 1.54) is 12.0 Å². The lowest BCUT2D eigenvalue weighted by atomic mass is 9.84. The third-order valence-corrected chi connectivity index (χ3v) is 6.28. The van der Waals surface area contributed by atoms with Gasteiger partial charge in [0, 0.05) is 32.2 Å². The van der Waals surface area contributed by atoms with E-state index < -0.39 is 12.1 Å². The Labute approximate surface area is 157 Å². The quantitative estimate of drug-likeness (QED) is 0.627. The summed E-state index contributed by atoms with van der Waals surface area (Å²) < 4.78 is 4.92. The molecule has 0 bridgehead atoms. The molecule has 4 atom stereocenters. The number of fused-ring (bicyclic) bond motifs is 2. The normalized spacial score (nSPS) is 33.1. The Kier molecular flexibility index (Phi) is 4.79. The third-order valence-electron chi connectivity index (χ3n) is 6.28. The van der Waals surface area contributed by atoms with Gasteiger partial charge in [-0.3, -0.25) is 19.2 Å². The molecular weight excluding hydrogens is 352 g/mol. The van der Waals surface area contributed by atoms with Crippen LogP contribution in [0.2, 0.25) is 0 Å². The van der Waals surface area contributed by atoms with E-state index in [0.717, 1.165) is 19.3 Å². The first-order valence-corrected chi connectivity index (χ1v) is 9.69. The summed E-state index contributed by atoms with van der Waals surface area (Å²) in [5.41, 5.74) is 0. The molecule has 3 aliphatic heterocycles. The van der Waals surface area contributed by atoms with Gasteiger partial charge in [0.2, 0.25) is 23.6 Å². The van der Waals surface area contributed by atoms with Crippen LogP contribution in [-0.4, -0.2) is 84.4 Å². The number of nitrogens with zero attached hydrogens (tertiary/aromatic N) is 2. The van der Waals surface area contributed by atoms with Crippen LogP contribution in [0.4, 0.5) is 0 Å². The Hall–Kier alpha value is -2.16. The molecule has 3 saturated heterocycles. The van der Waals surface area contributed by atoms with Crippen molar-refractivity contribution in [3.05, 3.63) is 0 Å². The first-order chi connectivity index (χ1) is 13.0. The van der Waals surface area contributed by atoms with Gasteiger partial charge in [-0.2, -0.15) is 0 Å². The predicted octanol–water partition coefficient (Wildman–Crippen LogP) is -1.38. The van der Waals surface area contributed by atoms with E-state index in [9.17, 15) is 19.2 Å². The molecule has 0 aromatic heterocycles. The second-order valence-corrected chi connectivity index (χ2v) is 7.94. The van der Waals surface area contributed by atoms with Crippen molar-refractivity contribution in [2.45, 2.75) is 56.3 Å². The highest BCUT2D eigenvalue weighted by Gasteiger charge is 2.52. The van der Waals surface area contributed by atoms with Crippen molar-refractivity contribution >= 4 is 23.6 Å². The van der Waals surface area contributed by atoms with Gasteiger partial charge in [0.05, 0.1) is 6.04 Å². The minimum atomic E-state index is -0.692. The van der Waals surface area contributed by atoms with Crippen LogP contribution in [0.1, 0.15) is 32.1 Å². The average molecular weight is 378 g/mol. The molecule has 4 aliphatic rings. The van der Waals surface area contributed by atoms with E-state index in [2.05, 4.69) is 10.6 Å². The number of likely N-dealkylation sites (tertiary alicyclic amines) is 1. The topological polar surface area (TPSA) is 108 Å². The first-order valence-electron chi connectivity index (χ1n) is 9.69. The van der Waals surface area contributed by atoms with Gasteiger partial charge in [-0.15, -0.1) is 0 Å². The Balaban J connectivity index is 1.48. The summed E-state index contributed by atoms with van der Waals surface area (Å²) in [4.78, 5) is 53.5. The van der Waals surface area contributed by atoms with Crippen molar-refractivity contribution in [1.29, 1.82) is 0 Å². The monoisotopic (exact) mass is 378 g/mol. The van der Waals surface area contributed by atoms with Crippen LogP contribution < -0.4 is 10.6 Å². The van der Waals surface area contributed by atoms with Crippen molar-refractivity contribution < 1.29 is 23.9 Å². The number of hydrogen-bond donors (Lipinski definition) is 2. The number of carbonyl (C=O) groups excluding carboxylic acids is 4. The Morgan fingerprint density at radius 3 is 2.70 bits per heavy atom. The number of hydrogen-bond acceptors (Lipinski definition) is 5. The standard InChI is InChI=1S/C18H26N4O5/c1-27-9-14(23)21-6-5-12-15(21)18(26)22-8-11(7-13(22)17(25)20-12)19-16(24)10-3-2-4-10/h10-13,15H,2-9H2,1H3,(H,19,24)(H,20,25)/t11-,12-,13+,15-/m0/s1. The average Bonchev–Trinajstić information content (AvgIpc) is 3.15. The summed E-state index contributed by atoms with van der Waals surface area (Å²) in [5.74, 6) is -0.577. The van der Waals surface area contributed by atoms with Gasteiger partial charge in [-0.05, 0) is 25.7 Å². The van der Waals surface area contributed by atoms with Crippen LogP contribution >= 0.6 is 0 Å². The molecule has 27 heavy (non-hydrogen) atoms. The zero-order chi connectivity index (χ0) is 19.1. The van der Waals surface area contributed by atoms with E-state index >= 15 is 0 Å². The minimum Gasteiger partial charge on any atom is -0.375 e. The summed E-state index contributed by atoms with van der Waals surface area (Å²) in [6, 6.07) is -1.87. The second-order valence-electron chi connectivity index (χ2n) is 7.94. The summed E-state index contributed by atoms with van der Waals surface area (Å²) in [5, 5.41) is 5.94. The van der Waals surface area contributed by atoms with Crippen molar-refractivity contribution in [3.8, 4) is 0 Å². The molecule has 4 fully saturated rings. The number of amides is 4. The van der Waals surface area contributed by atoms with Crippen LogP contribution in [0.5, 0.6) is 0 Å². The lowest BCUT2D eigenvalue weighted by Gasteiger charge is -2.29. The zero-order valence-corrected chi connectivity index (χ0v) is 15.5. The molecule has 0 aromatic rings. The van der Waals surface area contributed by atoms with Crippen LogP contribution in [0.15, 0.2) is 0 Å².